The third-order valence-corrected chi connectivity index (χ3v) is 6.68. The van der Waals surface area contributed by atoms with E-state index in [-0.39, 0.29) is 36.4 Å². The molecule has 9 nitrogen and oxygen atoms in total. The normalized spacial score (nSPS) is 16.2. The molecule has 1 aliphatic heterocycles. The minimum atomic E-state index is -0.342. The molecule has 2 aromatic heterocycles. The quantitative estimate of drug-likeness (QED) is 0.444. The van der Waals surface area contributed by atoms with Crippen molar-refractivity contribution in [3.05, 3.63) is 35.2 Å². The number of aromatic nitrogens is 1. The number of hydrogen-bond acceptors (Lipinski definition) is 7. The molecule has 0 saturated carbocycles. The first-order chi connectivity index (χ1) is 16.5. The van der Waals surface area contributed by atoms with E-state index in [1.54, 1.807) is 17.5 Å². The number of hydrogen-bond donors (Lipinski definition) is 2. The van der Waals surface area contributed by atoms with Gasteiger partial charge in [0.1, 0.15) is 6.54 Å². The summed E-state index contributed by atoms with van der Waals surface area (Å²) in [6.07, 6.45) is 7.07. The SMILES string of the molecule is CCCN(CC(=O)Nc1nc(CC(=O)NCCCN2CCCCC2C)cs1)C(=O)c1ccco1. The minimum Gasteiger partial charge on any atom is -0.459 e. The lowest BCUT2D eigenvalue weighted by atomic mass is 10.0. The number of thiazole rings is 1. The fourth-order valence-corrected chi connectivity index (χ4v) is 4.81. The van der Waals surface area contributed by atoms with Crippen molar-refractivity contribution in [2.75, 3.05) is 38.0 Å². The van der Waals surface area contributed by atoms with E-state index < -0.39 is 0 Å². The van der Waals surface area contributed by atoms with Gasteiger partial charge in [0.05, 0.1) is 18.4 Å². The van der Waals surface area contributed by atoms with Crippen LogP contribution in [0.25, 0.3) is 0 Å². The average molecular weight is 490 g/mol. The lowest BCUT2D eigenvalue weighted by Gasteiger charge is -2.33. The number of likely N-dealkylation sites (tertiary alicyclic amines) is 1. The van der Waals surface area contributed by atoms with Gasteiger partial charge in [0.2, 0.25) is 11.8 Å². The zero-order chi connectivity index (χ0) is 24.3. The molecule has 0 aromatic carbocycles. The number of anilines is 1. The first-order valence-corrected chi connectivity index (χ1v) is 12.9. The molecule has 1 atom stereocenters. The lowest BCUT2D eigenvalue weighted by molar-refractivity contribution is -0.120. The van der Waals surface area contributed by atoms with E-state index in [0.29, 0.717) is 36.4 Å². The van der Waals surface area contributed by atoms with Gasteiger partial charge in [0, 0.05) is 31.1 Å². The summed E-state index contributed by atoms with van der Waals surface area (Å²) in [6.45, 7) is 7.35. The van der Waals surface area contributed by atoms with Gasteiger partial charge < -0.3 is 24.9 Å². The maximum absolute atomic E-state index is 12.5. The Hall–Kier alpha value is -2.72. The Labute approximate surface area is 204 Å². The molecule has 1 aliphatic rings. The molecule has 3 heterocycles. The van der Waals surface area contributed by atoms with Crippen molar-refractivity contribution < 1.29 is 18.8 Å². The van der Waals surface area contributed by atoms with E-state index in [9.17, 15) is 14.4 Å². The molecule has 3 amide bonds. The monoisotopic (exact) mass is 489 g/mol. The summed E-state index contributed by atoms with van der Waals surface area (Å²) in [6, 6.07) is 3.85. The van der Waals surface area contributed by atoms with Crippen molar-refractivity contribution in [3.8, 4) is 0 Å². The van der Waals surface area contributed by atoms with Crippen molar-refractivity contribution in [3.63, 3.8) is 0 Å². The Kier molecular flexibility index (Phi) is 10.1. The van der Waals surface area contributed by atoms with Crippen LogP contribution in [0.3, 0.4) is 0 Å². The van der Waals surface area contributed by atoms with Crippen LogP contribution < -0.4 is 10.6 Å². The molecule has 34 heavy (non-hydrogen) atoms. The highest BCUT2D eigenvalue weighted by atomic mass is 32.1. The second kappa shape index (κ2) is 13.2. The highest BCUT2D eigenvalue weighted by Gasteiger charge is 2.21. The van der Waals surface area contributed by atoms with Gasteiger partial charge in [0.15, 0.2) is 10.9 Å². The molecule has 3 rings (SSSR count). The first-order valence-electron chi connectivity index (χ1n) is 12.0. The number of carbonyl (C=O) groups excluding carboxylic acids is 3. The first kappa shape index (κ1) is 25.9. The summed E-state index contributed by atoms with van der Waals surface area (Å²) in [5.74, 6) is -0.541. The van der Waals surface area contributed by atoms with E-state index in [0.717, 1.165) is 19.5 Å². The van der Waals surface area contributed by atoms with E-state index in [1.165, 1.54) is 41.8 Å². The lowest BCUT2D eigenvalue weighted by Crippen LogP contribution is -2.39. The van der Waals surface area contributed by atoms with Gasteiger partial charge in [-0.2, -0.15) is 0 Å². The molecule has 10 heteroatoms. The Morgan fingerprint density at radius 3 is 2.88 bits per heavy atom. The van der Waals surface area contributed by atoms with Gasteiger partial charge >= 0.3 is 0 Å². The molecule has 1 saturated heterocycles. The van der Waals surface area contributed by atoms with Crippen LogP contribution in [0.2, 0.25) is 0 Å². The Morgan fingerprint density at radius 1 is 1.29 bits per heavy atom. The smallest absolute Gasteiger partial charge is 0.290 e. The van der Waals surface area contributed by atoms with E-state index in [4.69, 9.17) is 4.42 Å². The fraction of sp³-hybridized carbons (Fsp3) is 0.583. The number of furan rings is 1. The van der Waals surface area contributed by atoms with Crippen LogP contribution >= 0.6 is 11.3 Å². The molecular formula is C24H35N5O4S. The fourth-order valence-electron chi connectivity index (χ4n) is 4.08. The topological polar surface area (TPSA) is 108 Å². The Bertz CT molecular complexity index is 930. The van der Waals surface area contributed by atoms with Crippen LogP contribution in [0.15, 0.2) is 28.2 Å². The van der Waals surface area contributed by atoms with Crippen molar-refractivity contribution in [1.29, 1.82) is 0 Å². The average Bonchev–Trinajstić information content (AvgIpc) is 3.49. The third-order valence-electron chi connectivity index (χ3n) is 5.87. The molecule has 0 bridgehead atoms. The second-order valence-electron chi connectivity index (χ2n) is 8.66. The maximum Gasteiger partial charge on any atom is 0.290 e. The molecule has 1 fully saturated rings. The highest BCUT2D eigenvalue weighted by Crippen LogP contribution is 2.17. The maximum atomic E-state index is 12.5. The summed E-state index contributed by atoms with van der Waals surface area (Å²) in [4.78, 5) is 45.5. The number of piperidine rings is 1. The van der Waals surface area contributed by atoms with Crippen LogP contribution in [-0.4, -0.2) is 71.3 Å². The van der Waals surface area contributed by atoms with Crippen molar-refractivity contribution in [2.45, 2.75) is 58.4 Å². The van der Waals surface area contributed by atoms with Crippen molar-refractivity contribution in [1.82, 2.24) is 20.1 Å². The van der Waals surface area contributed by atoms with Gasteiger partial charge in [-0.05, 0) is 51.3 Å². The largest absolute Gasteiger partial charge is 0.459 e. The van der Waals surface area contributed by atoms with Crippen molar-refractivity contribution in [2.24, 2.45) is 0 Å². The molecular weight excluding hydrogens is 454 g/mol. The summed E-state index contributed by atoms with van der Waals surface area (Å²) < 4.78 is 5.16. The number of amides is 3. The summed E-state index contributed by atoms with van der Waals surface area (Å²) in [7, 11) is 0. The molecule has 2 N–H and O–H groups in total. The zero-order valence-electron chi connectivity index (χ0n) is 20.0. The summed E-state index contributed by atoms with van der Waals surface area (Å²) >= 11 is 1.26. The van der Waals surface area contributed by atoms with E-state index in [1.807, 2.05) is 6.92 Å². The van der Waals surface area contributed by atoms with Gasteiger partial charge in [0.25, 0.3) is 5.91 Å². The molecule has 186 valence electrons. The molecule has 0 spiro atoms. The Morgan fingerprint density at radius 2 is 2.15 bits per heavy atom. The summed E-state index contributed by atoms with van der Waals surface area (Å²) in [5.41, 5.74) is 0.611. The molecule has 1 unspecified atom stereocenters. The predicted octanol–water partition coefficient (Wildman–Crippen LogP) is 3.15. The van der Waals surface area contributed by atoms with E-state index >= 15 is 0 Å². The Balaban J connectivity index is 1.39. The van der Waals surface area contributed by atoms with Crippen LogP contribution in [0.5, 0.6) is 0 Å². The van der Waals surface area contributed by atoms with Gasteiger partial charge in [-0.3, -0.25) is 14.4 Å². The molecule has 0 radical (unpaired) electrons. The number of rotatable bonds is 12. The van der Waals surface area contributed by atoms with Crippen molar-refractivity contribution >= 4 is 34.2 Å². The van der Waals surface area contributed by atoms with Crippen LogP contribution in [0.1, 0.15) is 62.2 Å². The highest BCUT2D eigenvalue weighted by molar-refractivity contribution is 7.13. The van der Waals surface area contributed by atoms with Crippen LogP contribution in [0, 0.1) is 0 Å². The zero-order valence-corrected chi connectivity index (χ0v) is 20.9. The number of carbonyl (C=O) groups is 3. The van der Waals surface area contributed by atoms with Gasteiger partial charge in [-0.15, -0.1) is 11.3 Å². The van der Waals surface area contributed by atoms with Gasteiger partial charge in [-0.25, -0.2) is 4.98 Å². The predicted molar refractivity (Wildman–Crippen MR) is 132 cm³/mol. The van der Waals surface area contributed by atoms with Crippen LogP contribution in [-0.2, 0) is 16.0 Å². The van der Waals surface area contributed by atoms with Gasteiger partial charge in [-0.1, -0.05) is 13.3 Å². The second-order valence-corrected chi connectivity index (χ2v) is 9.52. The van der Waals surface area contributed by atoms with Crippen LogP contribution in [0.4, 0.5) is 5.13 Å². The van der Waals surface area contributed by atoms with E-state index in [2.05, 4.69) is 27.4 Å². The summed E-state index contributed by atoms with van der Waals surface area (Å²) in [5, 5.41) is 7.86. The standard InChI is InChI=1S/C24H35N5O4S/c1-3-11-29(23(32)20-9-6-14-33-20)16-22(31)27-24-26-19(17-34-24)15-21(30)25-10-7-13-28-12-5-4-8-18(28)2/h6,9,14,17-18H,3-5,7-8,10-13,15-16H2,1-2H3,(H,25,30)(H,26,27,31). The number of nitrogens with one attached hydrogen (secondary N) is 2. The molecule has 2 aromatic rings. The number of nitrogens with zero attached hydrogens (tertiary/aromatic N) is 3. The minimum absolute atomic E-state index is 0.0759. The molecule has 0 aliphatic carbocycles. The third kappa shape index (κ3) is 7.95.